The molecule has 0 aliphatic carbocycles. The first kappa shape index (κ1) is 34.5. The molecule has 0 bridgehead atoms. The van der Waals surface area contributed by atoms with Gasteiger partial charge >= 0.3 is 12.2 Å². The highest BCUT2D eigenvalue weighted by molar-refractivity contribution is 7.14. The van der Waals surface area contributed by atoms with Crippen LogP contribution in [0.4, 0.5) is 20.4 Å². The zero-order chi connectivity index (χ0) is 33.8. The second-order valence-electron chi connectivity index (χ2n) is 12.7. The molecule has 11 heteroatoms. The van der Waals surface area contributed by atoms with E-state index in [0.717, 1.165) is 16.7 Å². The van der Waals surface area contributed by atoms with E-state index in [1.165, 1.54) is 11.3 Å². The standard InChI is InChI=1S/C35H39ClN4O5S/c1-9-40(34(3,4)5)33(43)44-29-17-15-24(19-27(29)28-20-46-31(38-28)39-32(42)45-35(6,7)8)37-30(41)26-18-21(2)10-16-25(26)22-11-13-23(36)14-12-22/h10-20H,9H2,1-8H3,(H,37,41)(H,38,39,42). The Balaban J connectivity index is 1.70. The monoisotopic (exact) mass is 662 g/mol. The third kappa shape index (κ3) is 8.86. The molecule has 242 valence electrons. The number of aromatic nitrogens is 1. The lowest BCUT2D eigenvalue weighted by atomic mass is 9.97. The number of rotatable bonds is 7. The lowest BCUT2D eigenvalue weighted by Gasteiger charge is -2.33. The summed E-state index contributed by atoms with van der Waals surface area (Å²) in [4.78, 5) is 45.5. The number of aryl methyl sites for hydroxylation is 1. The topological polar surface area (TPSA) is 110 Å². The zero-order valence-corrected chi connectivity index (χ0v) is 28.9. The maximum absolute atomic E-state index is 13.7. The summed E-state index contributed by atoms with van der Waals surface area (Å²) in [5, 5.41) is 8.27. The van der Waals surface area contributed by atoms with Crippen molar-refractivity contribution in [2.24, 2.45) is 0 Å². The zero-order valence-electron chi connectivity index (χ0n) is 27.3. The Morgan fingerprint density at radius 2 is 1.61 bits per heavy atom. The van der Waals surface area contributed by atoms with Crippen molar-refractivity contribution in [2.75, 3.05) is 17.2 Å². The predicted octanol–water partition coefficient (Wildman–Crippen LogP) is 9.66. The Kier molecular flexibility index (Phi) is 10.4. The van der Waals surface area contributed by atoms with E-state index in [2.05, 4.69) is 15.6 Å². The van der Waals surface area contributed by atoms with Crippen molar-refractivity contribution in [3.63, 3.8) is 0 Å². The average Bonchev–Trinajstić information content (AvgIpc) is 3.41. The first-order valence-corrected chi connectivity index (χ1v) is 16.1. The molecule has 4 rings (SSSR count). The van der Waals surface area contributed by atoms with Gasteiger partial charge in [-0.15, -0.1) is 11.3 Å². The number of nitrogens with one attached hydrogen (secondary N) is 2. The molecule has 0 radical (unpaired) electrons. The molecule has 3 aromatic carbocycles. The van der Waals surface area contributed by atoms with E-state index in [-0.39, 0.29) is 11.7 Å². The summed E-state index contributed by atoms with van der Waals surface area (Å²) in [6, 6.07) is 18.0. The summed E-state index contributed by atoms with van der Waals surface area (Å²) >= 11 is 7.29. The molecular formula is C35H39ClN4O5S. The first-order chi connectivity index (χ1) is 21.5. The van der Waals surface area contributed by atoms with Crippen LogP contribution in [-0.2, 0) is 4.74 Å². The number of nitrogens with zero attached hydrogens (tertiary/aromatic N) is 2. The molecule has 1 aromatic heterocycles. The second kappa shape index (κ2) is 13.9. The number of amides is 3. The molecule has 46 heavy (non-hydrogen) atoms. The van der Waals surface area contributed by atoms with Gasteiger partial charge in [0.15, 0.2) is 5.13 Å². The van der Waals surface area contributed by atoms with Gasteiger partial charge in [-0.2, -0.15) is 0 Å². The third-order valence-electron chi connectivity index (χ3n) is 6.74. The van der Waals surface area contributed by atoms with Crippen LogP contribution in [0.2, 0.25) is 5.02 Å². The van der Waals surface area contributed by atoms with E-state index in [1.54, 1.807) is 61.4 Å². The van der Waals surface area contributed by atoms with E-state index in [4.69, 9.17) is 21.1 Å². The van der Waals surface area contributed by atoms with Crippen molar-refractivity contribution < 1.29 is 23.9 Å². The minimum absolute atomic E-state index is 0.247. The van der Waals surface area contributed by atoms with E-state index < -0.39 is 23.3 Å². The molecule has 0 aliphatic rings. The number of thiazole rings is 1. The normalized spacial score (nSPS) is 11.5. The van der Waals surface area contributed by atoms with Gasteiger partial charge in [0.05, 0.1) is 5.69 Å². The second-order valence-corrected chi connectivity index (χ2v) is 14.0. The first-order valence-electron chi connectivity index (χ1n) is 14.8. The smallest absolute Gasteiger partial charge is 0.415 e. The fourth-order valence-corrected chi connectivity index (χ4v) is 5.52. The number of hydrogen-bond acceptors (Lipinski definition) is 7. The summed E-state index contributed by atoms with van der Waals surface area (Å²) in [5.74, 6) is -0.0722. The van der Waals surface area contributed by atoms with Crippen molar-refractivity contribution in [1.29, 1.82) is 0 Å². The van der Waals surface area contributed by atoms with Crippen LogP contribution in [0, 0.1) is 6.92 Å². The molecule has 3 amide bonds. The molecule has 0 saturated carbocycles. The Morgan fingerprint density at radius 3 is 2.24 bits per heavy atom. The van der Waals surface area contributed by atoms with E-state index in [9.17, 15) is 14.4 Å². The predicted molar refractivity (Wildman–Crippen MR) is 185 cm³/mol. The molecule has 4 aromatic rings. The van der Waals surface area contributed by atoms with Crippen LogP contribution in [0.25, 0.3) is 22.4 Å². The van der Waals surface area contributed by atoms with Gasteiger partial charge in [-0.1, -0.05) is 41.4 Å². The van der Waals surface area contributed by atoms with Gasteiger partial charge in [0.1, 0.15) is 11.4 Å². The van der Waals surface area contributed by atoms with Crippen LogP contribution in [0.1, 0.15) is 64.4 Å². The molecule has 2 N–H and O–H groups in total. The fraction of sp³-hybridized carbons (Fsp3) is 0.314. The van der Waals surface area contributed by atoms with Crippen LogP contribution in [0.5, 0.6) is 5.75 Å². The van der Waals surface area contributed by atoms with Gasteiger partial charge in [0.2, 0.25) is 0 Å². The number of ether oxygens (including phenoxy) is 2. The van der Waals surface area contributed by atoms with Crippen molar-refractivity contribution in [3.05, 3.63) is 82.2 Å². The van der Waals surface area contributed by atoms with Crippen LogP contribution in [0.15, 0.2) is 66.0 Å². The molecule has 0 atom stereocenters. The number of hydrogen-bond donors (Lipinski definition) is 2. The Labute approximate surface area is 278 Å². The number of anilines is 2. The summed E-state index contributed by atoms with van der Waals surface area (Å²) in [6.45, 7) is 15.3. The number of carbonyl (C=O) groups is 3. The molecule has 0 saturated heterocycles. The number of benzene rings is 3. The van der Waals surface area contributed by atoms with Crippen LogP contribution in [-0.4, -0.2) is 45.7 Å². The molecule has 1 heterocycles. The molecule has 0 spiro atoms. The Hall–Kier alpha value is -4.41. The van der Waals surface area contributed by atoms with Crippen molar-refractivity contribution in [1.82, 2.24) is 9.88 Å². The largest absolute Gasteiger partial charge is 0.444 e. The third-order valence-corrected chi connectivity index (χ3v) is 7.75. The minimum atomic E-state index is -0.680. The molecule has 9 nitrogen and oxygen atoms in total. The van der Waals surface area contributed by atoms with Crippen LogP contribution in [0.3, 0.4) is 0 Å². The summed E-state index contributed by atoms with van der Waals surface area (Å²) in [5.41, 5.74) is 3.22. The molecule has 0 unspecified atom stereocenters. The fourth-order valence-electron chi connectivity index (χ4n) is 4.69. The van der Waals surface area contributed by atoms with Crippen molar-refractivity contribution in [3.8, 4) is 28.1 Å². The van der Waals surface area contributed by atoms with Gasteiger partial charge in [0.25, 0.3) is 5.91 Å². The quantitative estimate of drug-likeness (QED) is 0.204. The SMILES string of the molecule is CCN(C(=O)Oc1ccc(NC(=O)c2cc(C)ccc2-c2ccc(Cl)cc2)cc1-c1csc(NC(=O)OC(C)(C)C)n1)C(C)(C)C. The highest BCUT2D eigenvalue weighted by atomic mass is 35.5. The van der Waals surface area contributed by atoms with Crippen molar-refractivity contribution >= 4 is 51.9 Å². The minimum Gasteiger partial charge on any atom is -0.444 e. The highest BCUT2D eigenvalue weighted by Crippen LogP contribution is 2.36. The van der Waals surface area contributed by atoms with Crippen LogP contribution < -0.4 is 15.4 Å². The van der Waals surface area contributed by atoms with Gasteiger partial charge in [-0.05, 0) is 103 Å². The van der Waals surface area contributed by atoms with E-state index in [1.807, 2.05) is 65.0 Å². The van der Waals surface area contributed by atoms with Crippen molar-refractivity contribution in [2.45, 2.75) is 66.5 Å². The van der Waals surface area contributed by atoms with Gasteiger partial charge in [0, 0.05) is 39.3 Å². The molecular weight excluding hydrogens is 624 g/mol. The lowest BCUT2D eigenvalue weighted by molar-refractivity contribution is 0.0635. The summed E-state index contributed by atoms with van der Waals surface area (Å²) in [7, 11) is 0. The van der Waals surface area contributed by atoms with Gasteiger partial charge < -0.3 is 19.7 Å². The average molecular weight is 663 g/mol. The Morgan fingerprint density at radius 1 is 0.913 bits per heavy atom. The lowest BCUT2D eigenvalue weighted by Crippen LogP contribution is -2.46. The van der Waals surface area contributed by atoms with E-state index in [0.29, 0.717) is 39.2 Å². The summed E-state index contributed by atoms with van der Waals surface area (Å²) in [6.07, 6.45) is -1.16. The maximum atomic E-state index is 13.7. The number of carbonyl (C=O) groups excluding carboxylic acids is 3. The maximum Gasteiger partial charge on any atom is 0.415 e. The highest BCUT2D eigenvalue weighted by Gasteiger charge is 2.28. The number of halogens is 1. The van der Waals surface area contributed by atoms with E-state index >= 15 is 0 Å². The van der Waals surface area contributed by atoms with Gasteiger partial charge in [-0.25, -0.2) is 14.6 Å². The molecule has 0 fully saturated rings. The van der Waals surface area contributed by atoms with Crippen LogP contribution >= 0.6 is 22.9 Å². The Bertz CT molecular complexity index is 1740. The van der Waals surface area contributed by atoms with Gasteiger partial charge in [-0.3, -0.25) is 10.1 Å². The summed E-state index contributed by atoms with van der Waals surface area (Å²) < 4.78 is 11.3. The molecule has 0 aliphatic heterocycles.